The predicted octanol–water partition coefficient (Wildman–Crippen LogP) is 0.693. The molecule has 0 aliphatic heterocycles. The van der Waals surface area contributed by atoms with E-state index < -0.39 is 5.60 Å². The summed E-state index contributed by atoms with van der Waals surface area (Å²) in [5.41, 5.74) is -0.909. The molecule has 0 aliphatic rings. The molecule has 78 valence electrons. The third-order valence-corrected chi connectivity index (χ3v) is 2.33. The van der Waals surface area contributed by atoms with Gasteiger partial charge < -0.3 is 14.5 Å². The van der Waals surface area contributed by atoms with E-state index in [4.69, 9.17) is 0 Å². The zero-order chi connectivity index (χ0) is 10.6. The summed E-state index contributed by atoms with van der Waals surface area (Å²) >= 11 is 0. The molecule has 1 heterocycles. The SMILES string of the molecule is Cn1ccnc1CCC(C)(O)CC=O. The van der Waals surface area contributed by atoms with Crippen LogP contribution in [0.15, 0.2) is 12.4 Å². The van der Waals surface area contributed by atoms with Crippen LogP contribution >= 0.6 is 0 Å². The topological polar surface area (TPSA) is 55.1 Å². The standard InChI is InChI=1S/C10H16N2O2/c1-10(14,5-8-13)4-3-9-11-6-7-12(9)2/h6-8,14H,3-5H2,1-2H3. The van der Waals surface area contributed by atoms with Gasteiger partial charge in [-0.3, -0.25) is 0 Å². The Morgan fingerprint density at radius 3 is 2.93 bits per heavy atom. The smallest absolute Gasteiger partial charge is 0.122 e. The van der Waals surface area contributed by atoms with E-state index in [1.807, 2.05) is 17.8 Å². The molecule has 0 aliphatic carbocycles. The minimum absolute atomic E-state index is 0.178. The number of carbonyl (C=O) groups is 1. The Morgan fingerprint density at radius 2 is 2.43 bits per heavy atom. The van der Waals surface area contributed by atoms with Gasteiger partial charge in [-0.1, -0.05) is 0 Å². The van der Waals surface area contributed by atoms with Gasteiger partial charge >= 0.3 is 0 Å². The number of hydrogen-bond acceptors (Lipinski definition) is 3. The van der Waals surface area contributed by atoms with Crippen LogP contribution in [0.25, 0.3) is 0 Å². The highest BCUT2D eigenvalue weighted by Crippen LogP contribution is 2.15. The van der Waals surface area contributed by atoms with Gasteiger partial charge in [-0.15, -0.1) is 0 Å². The summed E-state index contributed by atoms with van der Waals surface area (Å²) < 4.78 is 1.91. The lowest BCUT2D eigenvalue weighted by molar-refractivity contribution is -0.111. The predicted molar refractivity (Wildman–Crippen MR) is 52.8 cm³/mol. The molecule has 14 heavy (non-hydrogen) atoms. The summed E-state index contributed by atoms with van der Waals surface area (Å²) in [6.07, 6.45) is 5.75. The van der Waals surface area contributed by atoms with Crippen LogP contribution in [0.5, 0.6) is 0 Å². The van der Waals surface area contributed by atoms with E-state index in [9.17, 15) is 9.90 Å². The highest BCUT2D eigenvalue weighted by Gasteiger charge is 2.20. The van der Waals surface area contributed by atoms with Crippen molar-refractivity contribution in [2.45, 2.75) is 31.8 Å². The van der Waals surface area contributed by atoms with Crippen molar-refractivity contribution in [3.05, 3.63) is 18.2 Å². The molecule has 4 heteroatoms. The first-order chi connectivity index (χ1) is 6.55. The van der Waals surface area contributed by atoms with Crippen molar-refractivity contribution in [1.82, 2.24) is 9.55 Å². The van der Waals surface area contributed by atoms with Crippen LogP contribution in [0.2, 0.25) is 0 Å². The van der Waals surface area contributed by atoms with Crippen LogP contribution < -0.4 is 0 Å². The monoisotopic (exact) mass is 196 g/mol. The number of aliphatic hydroxyl groups is 1. The van der Waals surface area contributed by atoms with Crippen LogP contribution in [0.1, 0.15) is 25.6 Å². The Labute approximate surface area is 83.6 Å². The number of rotatable bonds is 5. The molecule has 0 saturated heterocycles. The van der Waals surface area contributed by atoms with Crippen LogP contribution in [0.4, 0.5) is 0 Å². The molecular formula is C10H16N2O2. The van der Waals surface area contributed by atoms with Gasteiger partial charge in [-0.25, -0.2) is 4.98 Å². The van der Waals surface area contributed by atoms with E-state index in [2.05, 4.69) is 4.98 Å². The first kappa shape index (κ1) is 10.9. The lowest BCUT2D eigenvalue weighted by atomic mass is 9.97. The molecule has 4 nitrogen and oxygen atoms in total. The summed E-state index contributed by atoms with van der Waals surface area (Å²) in [7, 11) is 1.91. The van der Waals surface area contributed by atoms with Gasteiger partial charge in [0.25, 0.3) is 0 Å². The number of aromatic nitrogens is 2. The molecule has 1 aromatic rings. The summed E-state index contributed by atoms with van der Waals surface area (Å²) in [5.74, 6) is 0.927. The van der Waals surface area contributed by atoms with Gasteiger partial charge in [0.2, 0.25) is 0 Å². The average molecular weight is 196 g/mol. The summed E-state index contributed by atoms with van der Waals surface area (Å²) in [5, 5.41) is 9.74. The molecular weight excluding hydrogens is 180 g/mol. The fourth-order valence-corrected chi connectivity index (χ4v) is 1.30. The Balaban J connectivity index is 2.48. The first-order valence-corrected chi connectivity index (χ1v) is 4.67. The molecule has 1 N–H and O–H groups in total. The van der Waals surface area contributed by atoms with Crippen molar-refractivity contribution >= 4 is 6.29 Å². The summed E-state index contributed by atoms with van der Waals surface area (Å²) in [6.45, 7) is 1.67. The van der Waals surface area contributed by atoms with E-state index in [0.29, 0.717) is 12.8 Å². The Kier molecular flexibility index (Phi) is 3.41. The summed E-state index contributed by atoms with van der Waals surface area (Å²) in [4.78, 5) is 14.4. The van der Waals surface area contributed by atoms with Gasteiger partial charge in [-0.05, 0) is 13.3 Å². The van der Waals surface area contributed by atoms with Crippen LogP contribution in [-0.2, 0) is 18.3 Å². The lowest BCUT2D eigenvalue weighted by Crippen LogP contribution is -2.25. The van der Waals surface area contributed by atoms with Crippen LogP contribution in [0.3, 0.4) is 0 Å². The summed E-state index contributed by atoms with van der Waals surface area (Å²) in [6, 6.07) is 0. The molecule has 0 aromatic carbocycles. The maximum Gasteiger partial charge on any atom is 0.122 e. The van der Waals surface area contributed by atoms with Crippen molar-refractivity contribution < 1.29 is 9.90 Å². The number of aldehydes is 1. The van der Waals surface area contributed by atoms with Gasteiger partial charge in [0.05, 0.1) is 5.60 Å². The zero-order valence-electron chi connectivity index (χ0n) is 8.60. The largest absolute Gasteiger partial charge is 0.390 e. The second kappa shape index (κ2) is 4.37. The van der Waals surface area contributed by atoms with E-state index >= 15 is 0 Å². The number of imidazole rings is 1. The molecule has 0 fully saturated rings. The third kappa shape index (κ3) is 2.96. The van der Waals surface area contributed by atoms with Crippen molar-refractivity contribution in [2.75, 3.05) is 0 Å². The zero-order valence-corrected chi connectivity index (χ0v) is 8.60. The van der Waals surface area contributed by atoms with Crippen molar-refractivity contribution in [3.8, 4) is 0 Å². The minimum Gasteiger partial charge on any atom is -0.390 e. The van der Waals surface area contributed by atoms with Gasteiger partial charge in [-0.2, -0.15) is 0 Å². The fraction of sp³-hybridized carbons (Fsp3) is 0.600. The molecule has 1 rings (SSSR count). The second-order valence-corrected chi connectivity index (χ2v) is 3.82. The van der Waals surface area contributed by atoms with Gasteiger partial charge in [0.15, 0.2) is 0 Å². The fourth-order valence-electron chi connectivity index (χ4n) is 1.30. The van der Waals surface area contributed by atoms with Crippen molar-refractivity contribution in [2.24, 2.45) is 7.05 Å². The number of aryl methyl sites for hydroxylation is 2. The van der Waals surface area contributed by atoms with Crippen molar-refractivity contribution in [1.29, 1.82) is 0 Å². The molecule has 1 atom stereocenters. The maximum atomic E-state index is 10.3. The Morgan fingerprint density at radius 1 is 1.71 bits per heavy atom. The maximum absolute atomic E-state index is 10.3. The molecule has 0 amide bonds. The first-order valence-electron chi connectivity index (χ1n) is 4.67. The quantitative estimate of drug-likeness (QED) is 0.705. The van der Waals surface area contributed by atoms with Crippen LogP contribution in [0, 0.1) is 0 Å². The van der Waals surface area contributed by atoms with E-state index in [0.717, 1.165) is 12.1 Å². The average Bonchev–Trinajstić information content (AvgIpc) is 2.48. The number of hydrogen-bond donors (Lipinski definition) is 1. The Bertz CT molecular complexity index is 305. The highest BCUT2D eigenvalue weighted by atomic mass is 16.3. The third-order valence-electron chi connectivity index (χ3n) is 2.33. The molecule has 0 radical (unpaired) electrons. The van der Waals surface area contributed by atoms with Gasteiger partial charge in [0.1, 0.15) is 12.1 Å². The number of nitrogens with zero attached hydrogens (tertiary/aromatic N) is 2. The second-order valence-electron chi connectivity index (χ2n) is 3.82. The minimum atomic E-state index is -0.909. The van der Waals surface area contributed by atoms with Gasteiger partial charge in [0, 0.05) is 32.3 Å². The molecule has 1 aromatic heterocycles. The molecule has 1 unspecified atom stereocenters. The van der Waals surface area contributed by atoms with E-state index in [-0.39, 0.29) is 6.42 Å². The van der Waals surface area contributed by atoms with E-state index in [1.54, 1.807) is 13.1 Å². The highest BCUT2D eigenvalue weighted by molar-refractivity contribution is 5.51. The number of carbonyl (C=O) groups excluding carboxylic acids is 1. The molecule has 0 saturated carbocycles. The van der Waals surface area contributed by atoms with Crippen LogP contribution in [-0.4, -0.2) is 26.5 Å². The van der Waals surface area contributed by atoms with Crippen molar-refractivity contribution in [3.63, 3.8) is 0 Å². The normalized spacial score (nSPS) is 15.1. The molecule has 0 spiro atoms. The lowest BCUT2D eigenvalue weighted by Gasteiger charge is -2.19. The van der Waals surface area contributed by atoms with E-state index in [1.165, 1.54) is 0 Å². The Hall–Kier alpha value is -1.16. The molecule has 0 bridgehead atoms.